The zero-order valence-corrected chi connectivity index (χ0v) is 20.5. The van der Waals surface area contributed by atoms with Gasteiger partial charge in [-0.1, -0.05) is 37.3 Å². The SMILES string of the molecule is C[C@H](O)C(=O)Nc1ccc(CN2C(=O)[C@@]3(O[C@@H](CCO)[C@H](C(C)(C)F)[C@H]3C)c3ccccc32)cc1. The first-order valence-electron chi connectivity index (χ1n) is 12.0. The van der Waals surface area contributed by atoms with Crippen molar-refractivity contribution in [1.29, 1.82) is 0 Å². The van der Waals surface area contributed by atoms with E-state index in [0.717, 1.165) is 11.3 Å². The predicted molar refractivity (Wildman–Crippen MR) is 130 cm³/mol. The summed E-state index contributed by atoms with van der Waals surface area (Å²) in [5.41, 5.74) is -0.117. The fraction of sp³-hybridized carbons (Fsp3) is 0.481. The maximum atomic E-state index is 15.3. The predicted octanol–water partition coefficient (Wildman–Crippen LogP) is 3.53. The Balaban J connectivity index is 1.66. The van der Waals surface area contributed by atoms with Crippen LogP contribution in [-0.2, 0) is 26.5 Å². The fourth-order valence-corrected chi connectivity index (χ4v) is 5.68. The molecule has 0 saturated carbocycles. The molecule has 35 heavy (non-hydrogen) atoms. The van der Waals surface area contributed by atoms with Gasteiger partial charge in [-0.3, -0.25) is 9.59 Å². The number of carbonyl (C=O) groups is 2. The Morgan fingerprint density at radius 2 is 1.89 bits per heavy atom. The lowest BCUT2D eigenvalue weighted by molar-refractivity contribution is -0.146. The van der Waals surface area contributed by atoms with E-state index in [2.05, 4.69) is 5.32 Å². The molecule has 0 unspecified atom stereocenters. The van der Waals surface area contributed by atoms with Crippen LogP contribution in [0, 0.1) is 11.8 Å². The fourth-order valence-electron chi connectivity index (χ4n) is 5.68. The number of halogens is 1. The Kier molecular flexibility index (Phi) is 6.74. The number of hydrogen-bond acceptors (Lipinski definition) is 5. The molecule has 1 spiro atoms. The highest BCUT2D eigenvalue weighted by Crippen LogP contribution is 2.58. The van der Waals surface area contributed by atoms with Crippen LogP contribution in [0.4, 0.5) is 15.8 Å². The lowest BCUT2D eigenvalue weighted by atomic mass is 9.71. The standard InChI is InChI=1S/C27H33FN2O5/c1-16-23(26(3,4)28)22(13-14-31)35-27(16)20-7-5-6-8-21(20)30(25(27)34)15-18-9-11-19(12-10-18)29-24(33)17(2)32/h5-12,16-17,22-23,31-32H,13-15H2,1-4H3,(H,29,33)/t16-,17+,22+,23-,27+/m1/s1. The summed E-state index contributed by atoms with van der Waals surface area (Å²) in [5, 5.41) is 21.6. The van der Waals surface area contributed by atoms with Gasteiger partial charge in [0.2, 0.25) is 0 Å². The number of nitrogens with zero attached hydrogens (tertiary/aromatic N) is 1. The van der Waals surface area contributed by atoms with Crippen LogP contribution in [0.25, 0.3) is 0 Å². The number of alkyl halides is 1. The maximum absolute atomic E-state index is 15.3. The number of aliphatic hydroxyl groups excluding tert-OH is 2. The number of nitrogens with one attached hydrogen (secondary N) is 1. The first-order chi connectivity index (χ1) is 16.5. The second kappa shape index (κ2) is 9.33. The van der Waals surface area contributed by atoms with E-state index in [1.807, 2.05) is 31.2 Å². The first kappa shape index (κ1) is 25.3. The van der Waals surface area contributed by atoms with Crippen molar-refractivity contribution in [2.45, 2.75) is 64.1 Å². The minimum atomic E-state index is -1.60. The van der Waals surface area contributed by atoms with Gasteiger partial charge in [-0.15, -0.1) is 0 Å². The van der Waals surface area contributed by atoms with Crippen LogP contribution in [0.1, 0.15) is 45.2 Å². The zero-order valence-electron chi connectivity index (χ0n) is 20.5. The molecular formula is C27H33FN2O5. The van der Waals surface area contributed by atoms with Gasteiger partial charge in [0.15, 0.2) is 5.60 Å². The highest BCUT2D eigenvalue weighted by Gasteiger charge is 2.65. The second-order valence-electron chi connectivity index (χ2n) is 10.1. The molecule has 2 aliphatic heterocycles. The Bertz CT molecular complexity index is 1100. The van der Waals surface area contributed by atoms with E-state index >= 15 is 4.39 Å². The highest BCUT2D eigenvalue weighted by molar-refractivity contribution is 6.07. The number of carbonyl (C=O) groups excluding carboxylic acids is 2. The summed E-state index contributed by atoms with van der Waals surface area (Å²) in [5.74, 6) is -1.76. The molecule has 3 N–H and O–H groups in total. The van der Waals surface area contributed by atoms with Crippen LogP contribution in [0.5, 0.6) is 0 Å². The third-order valence-electron chi connectivity index (χ3n) is 7.22. The number of fused-ring (bicyclic) bond motifs is 2. The van der Waals surface area contributed by atoms with E-state index < -0.39 is 41.2 Å². The van der Waals surface area contributed by atoms with E-state index in [0.29, 0.717) is 11.3 Å². The number of aliphatic hydroxyl groups is 2. The second-order valence-corrected chi connectivity index (χ2v) is 10.1. The summed E-state index contributed by atoms with van der Waals surface area (Å²) in [6.45, 7) is 6.37. The van der Waals surface area contributed by atoms with Crippen molar-refractivity contribution < 1.29 is 28.9 Å². The molecule has 2 heterocycles. The number of anilines is 2. The van der Waals surface area contributed by atoms with E-state index in [1.54, 1.807) is 29.2 Å². The first-order valence-corrected chi connectivity index (χ1v) is 12.0. The molecule has 8 heteroatoms. The van der Waals surface area contributed by atoms with Crippen LogP contribution < -0.4 is 10.2 Å². The number of ether oxygens (including phenoxy) is 1. The third kappa shape index (κ3) is 4.35. The summed E-state index contributed by atoms with van der Waals surface area (Å²) in [4.78, 5) is 27.4. The van der Waals surface area contributed by atoms with Gasteiger partial charge >= 0.3 is 0 Å². The summed E-state index contributed by atoms with van der Waals surface area (Å²) in [7, 11) is 0. The normalized spacial score (nSPS) is 26.8. The molecule has 1 fully saturated rings. The third-order valence-corrected chi connectivity index (χ3v) is 7.22. The Morgan fingerprint density at radius 1 is 1.23 bits per heavy atom. The summed E-state index contributed by atoms with van der Waals surface area (Å²) >= 11 is 0. The summed E-state index contributed by atoms with van der Waals surface area (Å²) in [6.07, 6.45) is -1.46. The van der Waals surface area contributed by atoms with Gasteiger partial charge in [0.1, 0.15) is 11.8 Å². The van der Waals surface area contributed by atoms with E-state index in [-0.39, 0.29) is 25.5 Å². The van der Waals surface area contributed by atoms with Crippen molar-refractivity contribution in [1.82, 2.24) is 0 Å². The lowest BCUT2D eigenvalue weighted by Crippen LogP contribution is -2.45. The zero-order chi connectivity index (χ0) is 25.5. The van der Waals surface area contributed by atoms with Gasteiger partial charge in [0.05, 0.1) is 18.3 Å². The molecule has 0 aliphatic carbocycles. The van der Waals surface area contributed by atoms with Gasteiger partial charge in [0, 0.05) is 29.7 Å². The van der Waals surface area contributed by atoms with Gasteiger partial charge in [0.25, 0.3) is 11.8 Å². The van der Waals surface area contributed by atoms with Gasteiger partial charge in [-0.25, -0.2) is 4.39 Å². The van der Waals surface area contributed by atoms with Gasteiger partial charge in [-0.05, 0) is 51.0 Å². The molecule has 5 atom stereocenters. The molecule has 4 rings (SSSR count). The molecule has 2 aromatic carbocycles. The molecule has 2 amide bonds. The molecule has 0 aromatic heterocycles. The Hall–Kier alpha value is -2.81. The molecule has 7 nitrogen and oxygen atoms in total. The minimum absolute atomic E-state index is 0.155. The summed E-state index contributed by atoms with van der Waals surface area (Å²) in [6, 6.07) is 14.5. The number of amides is 2. The van der Waals surface area contributed by atoms with Crippen LogP contribution in [-0.4, -0.2) is 46.5 Å². The van der Waals surface area contributed by atoms with E-state index in [9.17, 15) is 19.8 Å². The van der Waals surface area contributed by atoms with Gasteiger partial charge < -0.3 is 25.2 Å². The quantitative estimate of drug-likeness (QED) is 0.559. The molecule has 2 aromatic rings. The number of benzene rings is 2. The average molecular weight is 485 g/mol. The lowest BCUT2D eigenvalue weighted by Gasteiger charge is -2.32. The molecule has 1 saturated heterocycles. The van der Waals surface area contributed by atoms with Crippen molar-refractivity contribution >= 4 is 23.2 Å². The monoisotopic (exact) mass is 484 g/mol. The maximum Gasteiger partial charge on any atom is 0.264 e. The molecule has 0 bridgehead atoms. The van der Waals surface area contributed by atoms with Crippen LogP contribution in [0.3, 0.4) is 0 Å². The number of para-hydroxylation sites is 1. The van der Waals surface area contributed by atoms with Crippen molar-refractivity contribution in [2.75, 3.05) is 16.8 Å². The summed E-state index contributed by atoms with van der Waals surface area (Å²) < 4.78 is 21.8. The number of hydrogen-bond donors (Lipinski definition) is 3. The van der Waals surface area contributed by atoms with Crippen molar-refractivity contribution in [3.63, 3.8) is 0 Å². The average Bonchev–Trinajstić information content (AvgIpc) is 3.22. The highest BCUT2D eigenvalue weighted by atomic mass is 19.1. The molecule has 0 radical (unpaired) electrons. The van der Waals surface area contributed by atoms with Crippen molar-refractivity contribution in [3.05, 3.63) is 59.7 Å². The van der Waals surface area contributed by atoms with Crippen LogP contribution >= 0.6 is 0 Å². The molecular weight excluding hydrogens is 451 g/mol. The number of rotatable bonds is 7. The Labute approximate surface area is 204 Å². The van der Waals surface area contributed by atoms with E-state index in [4.69, 9.17) is 4.74 Å². The van der Waals surface area contributed by atoms with Gasteiger partial charge in [-0.2, -0.15) is 0 Å². The molecule has 188 valence electrons. The smallest absolute Gasteiger partial charge is 0.264 e. The van der Waals surface area contributed by atoms with E-state index in [1.165, 1.54) is 20.8 Å². The topological polar surface area (TPSA) is 99.1 Å². The Morgan fingerprint density at radius 3 is 2.49 bits per heavy atom. The largest absolute Gasteiger partial charge is 0.396 e. The van der Waals surface area contributed by atoms with Crippen LogP contribution in [0.15, 0.2) is 48.5 Å². The van der Waals surface area contributed by atoms with Crippen molar-refractivity contribution in [3.8, 4) is 0 Å². The van der Waals surface area contributed by atoms with Crippen molar-refractivity contribution in [2.24, 2.45) is 11.8 Å². The minimum Gasteiger partial charge on any atom is -0.396 e. The molecule has 2 aliphatic rings. The van der Waals surface area contributed by atoms with Crippen LogP contribution in [0.2, 0.25) is 0 Å².